The van der Waals surface area contributed by atoms with Gasteiger partial charge in [-0.15, -0.1) is 0 Å². The number of hydrogen-bond donors (Lipinski definition) is 2. The molecule has 1 amide bonds. The number of amides is 1. The Morgan fingerprint density at radius 1 is 1.53 bits per heavy atom. The maximum atomic E-state index is 13.9. The Kier molecular flexibility index (Phi) is 5.76. The first-order valence-electron chi connectivity index (χ1n) is 6.41. The summed E-state index contributed by atoms with van der Waals surface area (Å²) in [5, 5.41) is 12.4. The molecule has 19 heavy (non-hydrogen) atoms. The monoisotopic (exact) mass is 268 g/mol. The number of para-hydroxylation sites is 1. The zero-order chi connectivity index (χ0) is 14.4. The number of aliphatic hydroxyl groups excluding tert-OH is 1. The number of anilines is 1. The van der Waals surface area contributed by atoms with E-state index in [1.807, 2.05) is 6.92 Å². The molecule has 0 saturated carbocycles. The number of benzene rings is 1. The number of carbonyl (C=O) groups excluding carboxylic acids is 1. The lowest BCUT2D eigenvalue weighted by Gasteiger charge is -2.23. The third-order valence-corrected chi connectivity index (χ3v) is 2.80. The van der Waals surface area contributed by atoms with Crippen LogP contribution in [-0.2, 0) is 4.79 Å². The van der Waals surface area contributed by atoms with Gasteiger partial charge in [-0.25, -0.2) is 4.39 Å². The first-order chi connectivity index (χ1) is 8.97. The number of likely N-dealkylation sites (N-methyl/N-ethyl adjacent to an activating group) is 1. The van der Waals surface area contributed by atoms with E-state index in [1.165, 1.54) is 11.0 Å². The highest BCUT2D eigenvalue weighted by Gasteiger charge is 2.17. The minimum Gasteiger partial charge on any atom is -0.389 e. The maximum Gasteiger partial charge on any atom is 0.239 e. The van der Waals surface area contributed by atoms with E-state index < -0.39 is 11.9 Å². The summed E-state index contributed by atoms with van der Waals surface area (Å²) in [6.45, 7) is 4.20. The zero-order valence-electron chi connectivity index (χ0n) is 11.6. The second kappa shape index (κ2) is 7.09. The molecule has 106 valence electrons. The van der Waals surface area contributed by atoms with Crippen molar-refractivity contribution < 1.29 is 14.3 Å². The normalized spacial score (nSPS) is 12.1. The first-order valence-corrected chi connectivity index (χ1v) is 6.41. The van der Waals surface area contributed by atoms with Crippen LogP contribution in [0.4, 0.5) is 10.1 Å². The van der Waals surface area contributed by atoms with E-state index in [0.717, 1.165) is 6.42 Å². The van der Waals surface area contributed by atoms with Crippen molar-refractivity contribution in [1.82, 2.24) is 5.32 Å². The van der Waals surface area contributed by atoms with Gasteiger partial charge < -0.3 is 15.3 Å². The molecule has 0 aromatic heterocycles. The van der Waals surface area contributed by atoms with Gasteiger partial charge in [0.2, 0.25) is 5.91 Å². The summed E-state index contributed by atoms with van der Waals surface area (Å²) < 4.78 is 13.9. The number of halogens is 1. The Morgan fingerprint density at radius 3 is 2.79 bits per heavy atom. The molecule has 0 aliphatic heterocycles. The van der Waals surface area contributed by atoms with Gasteiger partial charge in [-0.2, -0.15) is 0 Å². The Balaban J connectivity index is 2.87. The van der Waals surface area contributed by atoms with E-state index in [4.69, 9.17) is 0 Å². The summed E-state index contributed by atoms with van der Waals surface area (Å²) in [6.07, 6.45) is 0.0699. The lowest BCUT2D eigenvalue weighted by molar-refractivity contribution is -0.119. The summed E-state index contributed by atoms with van der Waals surface area (Å²) in [7, 11) is 1.63. The van der Waals surface area contributed by atoms with Crippen LogP contribution in [0.1, 0.15) is 31.9 Å². The van der Waals surface area contributed by atoms with Gasteiger partial charge in [0.15, 0.2) is 0 Å². The number of aliphatic hydroxyl groups is 1. The van der Waals surface area contributed by atoms with Crippen LogP contribution in [-0.4, -0.2) is 31.2 Å². The van der Waals surface area contributed by atoms with Crippen LogP contribution in [0.15, 0.2) is 18.2 Å². The molecular formula is C14H21FN2O2. The predicted octanol–water partition coefficient (Wildman–Crippen LogP) is 1.84. The van der Waals surface area contributed by atoms with Gasteiger partial charge >= 0.3 is 0 Å². The third kappa shape index (κ3) is 4.21. The van der Waals surface area contributed by atoms with Gasteiger partial charge in [0.05, 0.1) is 18.3 Å². The van der Waals surface area contributed by atoms with Gasteiger partial charge in [0, 0.05) is 19.2 Å². The number of rotatable bonds is 6. The topological polar surface area (TPSA) is 52.6 Å². The molecule has 0 bridgehead atoms. The van der Waals surface area contributed by atoms with Gasteiger partial charge in [0.25, 0.3) is 0 Å². The molecule has 1 atom stereocenters. The van der Waals surface area contributed by atoms with Crippen molar-refractivity contribution in [3.8, 4) is 0 Å². The fourth-order valence-electron chi connectivity index (χ4n) is 1.89. The van der Waals surface area contributed by atoms with E-state index in [-0.39, 0.29) is 18.1 Å². The number of carbonyl (C=O) groups is 1. The molecule has 0 aliphatic carbocycles. The highest BCUT2D eigenvalue weighted by molar-refractivity contribution is 5.81. The predicted molar refractivity (Wildman–Crippen MR) is 73.6 cm³/mol. The van der Waals surface area contributed by atoms with E-state index >= 15 is 0 Å². The van der Waals surface area contributed by atoms with Crippen molar-refractivity contribution in [3.63, 3.8) is 0 Å². The van der Waals surface area contributed by atoms with Crippen LogP contribution in [0.3, 0.4) is 0 Å². The van der Waals surface area contributed by atoms with Crippen molar-refractivity contribution in [2.24, 2.45) is 0 Å². The van der Waals surface area contributed by atoms with E-state index in [1.54, 1.807) is 26.1 Å². The molecular weight excluding hydrogens is 247 g/mol. The highest BCUT2D eigenvalue weighted by Crippen LogP contribution is 2.28. The minimum atomic E-state index is -0.785. The average molecular weight is 268 g/mol. The summed E-state index contributed by atoms with van der Waals surface area (Å²) in [5.41, 5.74) is 0.745. The lowest BCUT2D eigenvalue weighted by Crippen LogP contribution is -2.36. The Morgan fingerprint density at radius 2 is 2.21 bits per heavy atom. The lowest BCUT2D eigenvalue weighted by atomic mass is 10.1. The largest absolute Gasteiger partial charge is 0.389 e. The second-order valence-corrected chi connectivity index (χ2v) is 4.56. The number of nitrogens with one attached hydrogen (secondary N) is 1. The number of nitrogens with zero attached hydrogens (tertiary/aromatic N) is 1. The Labute approximate surface area is 113 Å². The van der Waals surface area contributed by atoms with Crippen LogP contribution in [0.2, 0.25) is 0 Å². The smallest absolute Gasteiger partial charge is 0.239 e. The standard InChI is InChI=1S/C14H21FN2O2/c1-4-8-16-13(19)9-17(3)14-11(10(2)18)6-5-7-12(14)15/h5-7,10,18H,4,8-9H2,1-3H3,(H,16,19). The van der Waals surface area contributed by atoms with E-state index in [2.05, 4.69) is 5.32 Å². The summed E-state index contributed by atoms with van der Waals surface area (Å²) in [5.74, 6) is -0.603. The average Bonchev–Trinajstić information content (AvgIpc) is 2.35. The fourth-order valence-corrected chi connectivity index (χ4v) is 1.89. The number of hydrogen-bond acceptors (Lipinski definition) is 3. The second-order valence-electron chi connectivity index (χ2n) is 4.56. The highest BCUT2D eigenvalue weighted by atomic mass is 19.1. The molecule has 0 heterocycles. The van der Waals surface area contributed by atoms with Crippen molar-refractivity contribution in [2.75, 3.05) is 25.0 Å². The van der Waals surface area contributed by atoms with Crippen molar-refractivity contribution in [2.45, 2.75) is 26.4 Å². The molecule has 1 unspecified atom stereocenters. The van der Waals surface area contributed by atoms with Gasteiger partial charge in [-0.3, -0.25) is 4.79 Å². The summed E-state index contributed by atoms with van der Waals surface area (Å²) in [6, 6.07) is 4.52. The van der Waals surface area contributed by atoms with Crippen molar-refractivity contribution in [3.05, 3.63) is 29.6 Å². The Bertz CT molecular complexity index is 435. The third-order valence-electron chi connectivity index (χ3n) is 2.80. The van der Waals surface area contributed by atoms with Crippen LogP contribution < -0.4 is 10.2 Å². The van der Waals surface area contributed by atoms with Crippen LogP contribution in [0.25, 0.3) is 0 Å². The SMILES string of the molecule is CCCNC(=O)CN(C)c1c(F)cccc1C(C)O. The molecule has 1 aromatic carbocycles. The molecule has 2 N–H and O–H groups in total. The molecule has 0 radical (unpaired) electrons. The zero-order valence-corrected chi connectivity index (χ0v) is 11.6. The molecule has 5 heteroatoms. The molecule has 1 aromatic rings. The quantitative estimate of drug-likeness (QED) is 0.827. The Hall–Kier alpha value is -1.62. The maximum absolute atomic E-state index is 13.9. The van der Waals surface area contributed by atoms with Gasteiger partial charge in [-0.05, 0) is 19.4 Å². The minimum absolute atomic E-state index is 0.0562. The molecule has 0 spiro atoms. The van der Waals surface area contributed by atoms with Crippen molar-refractivity contribution in [1.29, 1.82) is 0 Å². The van der Waals surface area contributed by atoms with Crippen LogP contribution >= 0.6 is 0 Å². The fraction of sp³-hybridized carbons (Fsp3) is 0.500. The summed E-state index contributed by atoms with van der Waals surface area (Å²) >= 11 is 0. The molecule has 0 saturated heterocycles. The van der Waals surface area contributed by atoms with E-state index in [9.17, 15) is 14.3 Å². The van der Waals surface area contributed by atoms with Gasteiger partial charge in [0.1, 0.15) is 5.82 Å². The van der Waals surface area contributed by atoms with E-state index in [0.29, 0.717) is 12.1 Å². The molecule has 0 aliphatic rings. The van der Waals surface area contributed by atoms with Crippen LogP contribution in [0.5, 0.6) is 0 Å². The first kappa shape index (κ1) is 15.4. The van der Waals surface area contributed by atoms with Crippen LogP contribution in [0, 0.1) is 5.82 Å². The summed E-state index contributed by atoms with van der Waals surface area (Å²) in [4.78, 5) is 13.2. The molecule has 1 rings (SSSR count). The van der Waals surface area contributed by atoms with Crippen molar-refractivity contribution >= 4 is 11.6 Å². The molecule has 4 nitrogen and oxygen atoms in total. The molecule has 0 fully saturated rings. The van der Waals surface area contributed by atoms with Gasteiger partial charge in [-0.1, -0.05) is 19.1 Å².